The van der Waals surface area contributed by atoms with E-state index < -0.39 is 0 Å². The van der Waals surface area contributed by atoms with Crippen LogP contribution in [-0.2, 0) is 14.2 Å². The number of nitrogens with one attached hydrogen (secondary N) is 2. The molecule has 2 heterocycles. The maximum absolute atomic E-state index is 5.73. The van der Waals surface area contributed by atoms with E-state index in [-0.39, 0.29) is 0 Å². The number of rotatable bonds is 12. The Labute approximate surface area is 171 Å². The van der Waals surface area contributed by atoms with Crippen molar-refractivity contribution >= 4 is 5.96 Å². The van der Waals surface area contributed by atoms with Gasteiger partial charge in [-0.25, -0.2) is 0 Å². The zero-order chi connectivity index (χ0) is 20.0. The molecule has 164 valence electrons. The summed E-state index contributed by atoms with van der Waals surface area (Å²) in [6.45, 7) is 12.5. The summed E-state index contributed by atoms with van der Waals surface area (Å²) in [4.78, 5) is 6.97. The van der Waals surface area contributed by atoms with Gasteiger partial charge in [-0.05, 0) is 25.2 Å². The highest BCUT2D eigenvalue weighted by Gasteiger charge is 2.27. The van der Waals surface area contributed by atoms with E-state index in [9.17, 15) is 0 Å². The zero-order valence-corrected chi connectivity index (χ0v) is 18.3. The maximum Gasteiger partial charge on any atom is 0.191 e. The van der Waals surface area contributed by atoms with Crippen molar-refractivity contribution in [3.63, 3.8) is 0 Å². The maximum atomic E-state index is 5.73. The smallest absolute Gasteiger partial charge is 0.191 e. The summed E-state index contributed by atoms with van der Waals surface area (Å²) in [7, 11) is 1.84. The van der Waals surface area contributed by atoms with Crippen molar-refractivity contribution in [3.8, 4) is 0 Å². The topological polar surface area (TPSA) is 67.4 Å². The minimum absolute atomic E-state index is 0.310. The molecular weight excluding hydrogens is 356 g/mol. The van der Waals surface area contributed by atoms with Crippen LogP contribution in [0.2, 0.25) is 0 Å². The van der Waals surface area contributed by atoms with E-state index >= 15 is 0 Å². The van der Waals surface area contributed by atoms with E-state index in [0.717, 1.165) is 78.0 Å². The summed E-state index contributed by atoms with van der Waals surface area (Å²) < 4.78 is 16.8. The summed E-state index contributed by atoms with van der Waals surface area (Å²) in [5.41, 5.74) is 0. The number of aliphatic imine (C=N–C) groups is 1. The lowest BCUT2D eigenvalue weighted by molar-refractivity contribution is 0.00271. The highest BCUT2D eigenvalue weighted by molar-refractivity contribution is 5.79. The van der Waals surface area contributed by atoms with Gasteiger partial charge in [-0.2, -0.15) is 0 Å². The van der Waals surface area contributed by atoms with Gasteiger partial charge in [0.05, 0.1) is 25.9 Å². The van der Waals surface area contributed by atoms with Crippen molar-refractivity contribution in [1.82, 2.24) is 15.5 Å². The van der Waals surface area contributed by atoms with Gasteiger partial charge in [-0.3, -0.25) is 9.89 Å². The Hall–Kier alpha value is -0.890. The number of ether oxygens (including phenoxy) is 3. The van der Waals surface area contributed by atoms with Crippen LogP contribution < -0.4 is 10.6 Å². The normalized spacial score (nSPS) is 22.6. The summed E-state index contributed by atoms with van der Waals surface area (Å²) in [5, 5.41) is 6.96. The molecular formula is C21H42N4O3. The molecule has 2 unspecified atom stereocenters. The minimum Gasteiger partial charge on any atom is -0.379 e. The predicted molar refractivity (Wildman–Crippen MR) is 114 cm³/mol. The Balaban J connectivity index is 1.66. The first kappa shape index (κ1) is 23.4. The molecule has 2 aliphatic heterocycles. The average Bonchev–Trinajstić information content (AvgIpc) is 3.26. The van der Waals surface area contributed by atoms with Crippen LogP contribution in [0.4, 0.5) is 0 Å². The molecule has 0 aliphatic carbocycles. The highest BCUT2D eigenvalue weighted by atomic mass is 16.5. The van der Waals surface area contributed by atoms with Gasteiger partial charge in [-0.15, -0.1) is 0 Å². The summed E-state index contributed by atoms with van der Waals surface area (Å²) >= 11 is 0. The zero-order valence-electron chi connectivity index (χ0n) is 18.3. The first-order chi connectivity index (χ1) is 13.8. The molecule has 2 N–H and O–H groups in total. The van der Waals surface area contributed by atoms with Crippen LogP contribution in [0.5, 0.6) is 0 Å². The fourth-order valence-corrected chi connectivity index (χ4v) is 4.13. The molecule has 2 aliphatic rings. The minimum atomic E-state index is 0.310. The Morgan fingerprint density at radius 3 is 2.61 bits per heavy atom. The van der Waals surface area contributed by atoms with Crippen LogP contribution in [0.3, 0.4) is 0 Å². The largest absolute Gasteiger partial charge is 0.379 e. The van der Waals surface area contributed by atoms with Crippen molar-refractivity contribution in [1.29, 1.82) is 0 Å². The van der Waals surface area contributed by atoms with Crippen molar-refractivity contribution in [2.24, 2.45) is 10.9 Å². The lowest BCUT2D eigenvalue weighted by atomic mass is 9.92. The first-order valence-corrected chi connectivity index (χ1v) is 11.2. The fraction of sp³-hybridized carbons (Fsp3) is 0.952. The highest BCUT2D eigenvalue weighted by Crippen LogP contribution is 2.19. The third-order valence-electron chi connectivity index (χ3n) is 5.90. The molecule has 2 saturated heterocycles. The van der Waals surface area contributed by atoms with E-state index in [1.807, 2.05) is 7.05 Å². The van der Waals surface area contributed by atoms with Gasteiger partial charge in [0.1, 0.15) is 0 Å². The Morgan fingerprint density at radius 2 is 1.96 bits per heavy atom. The quantitative estimate of drug-likeness (QED) is 0.297. The average molecular weight is 399 g/mol. The Bertz CT molecular complexity index is 420. The van der Waals surface area contributed by atoms with Gasteiger partial charge < -0.3 is 24.8 Å². The molecule has 7 heteroatoms. The van der Waals surface area contributed by atoms with Crippen molar-refractivity contribution in [3.05, 3.63) is 0 Å². The lowest BCUT2D eigenvalue weighted by Crippen LogP contribution is -2.53. The van der Waals surface area contributed by atoms with Gasteiger partial charge in [0.25, 0.3) is 0 Å². The predicted octanol–water partition coefficient (Wildman–Crippen LogP) is 1.87. The Morgan fingerprint density at radius 1 is 1.18 bits per heavy atom. The second kappa shape index (κ2) is 14.1. The standard InChI is InChI=1S/C21H42N4O3/c1-4-18(5-2)20(25-10-14-26-15-11-25)16-24-21(22-3)23-9-7-12-27-17-19-8-6-13-28-19/h18-20H,4-17H2,1-3H3,(H2,22,23,24). The molecule has 0 radical (unpaired) electrons. The summed E-state index contributed by atoms with van der Waals surface area (Å²) in [6.07, 6.45) is 5.98. The molecule has 0 aromatic heterocycles. The molecule has 0 amide bonds. The van der Waals surface area contributed by atoms with Crippen molar-refractivity contribution in [2.45, 2.75) is 58.1 Å². The molecule has 7 nitrogen and oxygen atoms in total. The van der Waals surface area contributed by atoms with E-state index in [1.165, 1.54) is 19.3 Å². The summed E-state index contributed by atoms with van der Waals surface area (Å²) in [5.74, 6) is 1.57. The van der Waals surface area contributed by atoms with E-state index in [4.69, 9.17) is 14.2 Å². The SMILES string of the molecule is CCC(CC)C(CNC(=NC)NCCCOCC1CCCO1)N1CCOCC1. The fourth-order valence-electron chi connectivity index (χ4n) is 4.13. The van der Waals surface area contributed by atoms with E-state index in [1.54, 1.807) is 0 Å². The second-order valence-electron chi connectivity index (χ2n) is 7.74. The Kier molecular flexibility index (Phi) is 11.8. The lowest BCUT2D eigenvalue weighted by Gasteiger charge is -2.39. The van der Waals surface area contributed by atoms with Gasteiger partial charge in [-0.1, -0.05) is 26.7 Å². The van der Waals surface area contributed by atoms with Crippen LogP contribution in [0, 0.1) is 5.92 Å². The number of hydrogen-bond donors (Lipinski definition) is 2. The molecule has 0 bridgehead atoms. The summed E-state index contributed by atoms with van der Waals surface area (Å²) in [6, 6.07) is 0.521. The van der Waals surface area contributed by atoms with Gasteiger partial charge in [0, 0.05) is 52.5 Å². The van der Waals surface area contributed by atoms with Crippen LogP contribution in [0.15, 0.2) is 4.99 Å². The molecule has 2 fully saturated rings. The van der Waals surface area contributed by atoms with Crippen molar-refractivity contribution < 1.29 is 14.2 Å². The van der Waals surface area contributed by atoms with Gasteiger partial charge in [0.15, 0.2) is 5.96 Å². The van der Waals surface area contributed by atoms with Gasteiger partial charge >= 0.3 is 0 Å². The van der Waals surface area contributed by atoms with Crippen LogP contribution in [0.1, 0.15) is 46.0 Å². The van der Waals surface area contributed by atoms with Crippen LogP contribution >= 0.6 is 0 Å². The molecule has 0 aromatic rings. The first-order valence-electron chi connectivity index (χ1n) is 11.2. The molecule has 2 atom stereocenters. The molecule has 0 spiro atoms. The van der Waals surface area contributed by atoms with E-state index in [0.29, 0.717) is 18.1 Å². The third kappa shape index (κ3) is 8.23. The van der Waals surface area contributed by atoms with Gasteiger partial charge in [0.2, 0.25) is 0 Å². The number of morpholine rings is 1. The molecule has 2 rings (SSSR count). The third-order valence-corrected chi connectivity index (χ3v) is 5.90. The number of hydrogen-bond acceptors (Lipinski definition) is 5. The molecule has 0 aromatic carbocycles. The second-order valence-corrected chi connectivity index (χ2v) is 7.74. The van der Waals surface area contributed by atoms with Crippen LogP contribution in [-0.4, -0.2) is 89.3 Å². The molecule has 0 saturated carbocycles. The van der Waals surface area contributed by atoms with Crippen molar-refractivity contribution in [2.75, 3.05) is 66.3 Å². The molecule has 28 heavy (non-hydrogen) atoms. The van der Waals surface area contributed by atoms with Crippen LogP contribution in [0.25, 0.3) is 0 Å². The number of guanidine groups is 1. The number of nitrogens with zero attached hydrogens (tertiary/aromatic N) is 2. The monoisotopic (exact) mass is 398 g/mol. The van der Waals surface area contributed by atoms with E-state index in [2.05, 4.69) is 34.4 Å².